The largest absolute Gasteiger partial charge is 0.508 e. The van der Waals surface area contributed by atoms with E-state index in [-0.39, 0.29) is 46.4 Å². The molecule has 2 heterocycles. The Morgan fingerprint density at radius 3 is 2.80 bits per heavy atom. The van der Waals surface area contributed by atoms with Crippen LogP contribution in [0.15, 0.2) is 47.3 Å². The zero-order valence-corrected chi connectivity index (χ0v) is 15.6. The number of hydrogen-bond acceptors (Lipinski definition) is 6. The van der Waals surface area contributed by atoms with E-state index in [2.05, 4.69) is 20.3 Å². The van der Waals surface area contributed by atoms with Crippen LogP contribution in [-0.2, 0) is 11.3 Å². The number of benzene rings is 2. The Morgan fingerprint density at radius 1 is 1.27 bits per heavy atom. The number of aromatic nitrogens is 4. The van der Waals surface area contributed by atoms with Crippen molar-refractivity contribution >= 4 is 23.4 Å². The van der Waals surface area contributed by atoms with Crippen LogP contribution in [0.1, 0.15) is 5.56 Å². The summed E-state index contributed by atoms with van der Waals surface area (Å²) in [5.41, 5.74) is 0.414. The summed E-state index contributed by atoms with van der Waals surface area (Å²) in [6.45, 7) is -0.136. The van der Waals surface area contributed by atoms with E-state index in [1.165, 1.54) is 42.4 Å². The van der Waals surface area contributed by atoms with Crippen molar-refractivity contribution in [1.29, 1.82) is 0 Å². The molecule has 9 nitrogen and oxygen atoms in total. The smallest absolute Gasteiger partial charge is 0.328 e. The van der Waals surface area contributed by atoms with Gasteiger partial charge in [0.15, 0.2) is 28.9 Å². The molecule has 151 valence electrons. The van der Waals surface area contributed by atoms with E-state index in [0.717, 1.165) is 0 Å². The van der Waals surface area contributed by atoms with Crippen LogP contribution in [0.25, 0.3) is 22.6 Å². The van der Waals surface area contributed by atoms with E-state index < -0.39 is 11.5 Å². The maximum absolute atomic E-state index is 14.6. The monoisotopic (exact) mass is 408 g/mol. The number of ether oxygens (including phenoxy) is 1. The SMILES string of the molecule is COc1cccc(Cn2c(=O)[nH]c3c(N[C]=O)nc(-c4cccc(O)c4)nc32)c1F. The minimum Gasteiger partial charge on any atom is -0.508 e. The van der Waals surface area contributed by atoms with Crippen molar-refractivity contribution < 1.29 is 19.0 Å². The first-order valence-electron chi connectivity index (χ1n) is 8.76. The molecule has 4 rings (SSSR count). The number of aromatic amines is 1. The van der Waals surface area contributed by atoms with Gasteiger partial charge in [-0.05, 0) is 18.2 Å². The molecule has 0 aliphatic carbocycles. The number of nitrogens with zero attached hydrogens (tertiary/aromatic N) is 3. The molecule has 1 amide bonds. The molecule has 0 bridgehead atoms. The number of fused-ring (bicyclic) bond motifs is 1. The Bertz CT molecular complexity index is 1310. The lowest BCUT2D eigenvalue weighted by Gasteiger charge is -2.09. The fraction of sp³-hybridized carbons (Fsp3) is 0.100. The summed E-state index contributed by atoms with van der Waals surface area (Å²) in [6, 6.07) is 10.8. The molecule has 3 N–H and O–H groups in total. The van der Waals surface area contributed by atoms with Gasteiger partial charge in [-0.1, -0.05) is 24.3 Å². The predicted octanol–water partition coefficient (Wildman–Crippen LogP) is 2.17. The number of anilines is 1. The third kappa shape index (κ3) is 3.34. The molecule has 0 aliphatic rings. The van der Waals surface area contributed by atoms with Crippen molar-refractivity contribution in [2.24, 2.45) is 0 Å². The minimum atomic E-state index is -0.594. The number of rotatable bonds is 6. The van der Waals surface area contributed by atoms with E-state index in [4.69, 9.17) is 4.74 Å². The molecular formula is C20H15FN5O4. The Morgan fingerprint density at radius 2 is 2.07 bits per heavy atom. The molecule has 4 aromatic rings. The van der Waals surface area contributed by atoms with E-state index in [0.29, 0.717) is 5.56 Å². The lowest BCUT2D eigenvalue weighted by Crippen LogP contribution is -2.18. The molecule has 0 spiro atoms. The number of methoxy groups -OCH3 is 1. The summed E-state index contributed by atoms with van der Waals surface area (Å²) in [7, 11) is 1.35. The van der Waals surface area contributed by atoms with Crippen molar-refractivity contribution in [1.82, 2.24) is 19.5 Å². The topological polar surface area (TPSA) is 122 Å². The zero-order chi connectivity index (χ0) is 21.3. The highest BCUT2D eigenvalue weighted by Gasteiger charge is 2.18. The molecule has 2 aromatic heterocycles. The summed E-state index contributed by atoms with van der Waals surface area (Å²) in [5, 5.41) is 12.1. The first kappa shape index (κ1) is 19.1. The number of amides is 1. The predicted molar refractivity (Wildman–Crippen MR) is 107 cm³/mol. The van der Waals surface area contributed by atoms with E-state index in [1.807, 2.05) is 0 Å². The van der Waals surface area contributed by atoms with E-state index in [9.17, 15) is 19.1 Å². The summed E-state index contributed by atoms with van der Waals surface area (Å²) in [6.07, 6.45) is 1.52. The molecule has 0 aliphatic heterocycles. The highest BCUT2D eigenvalue weighted by molar-refractivity contribution is 5.90. The lowest BCUT2D eigenvalue weighted by atomic mass is 10.2. The number of hydrogen-bond donors (Lipinski definition) is 3. The Hall–Kier alpha value is -4.21. The molecule has 2 aromatic carbocycles. The number of nitrogens with one attached hydrogen (secondary N) is 2. The Balaban J connectivity index is 1.91. The number of phenols is 1. The van der Waals surface area contributed by atoms with Gasteiger partial charge < -0.3 is 20.1 Å². The molecule has 0 fully saturated rings. The van der Waals surface area contributed by atoms with Crippen molar-refractivity contribution in [2.75, 3.05) is 12.4 Å². The van der Waals surface area contributed by atoms with Crippen LogP contribution in [0.5, 0.6) is 11.5 Å². The van der Waals surface area contributed by atoms with Gasteiger partial charge in [-0.25, -0.2) is 19.2 Å². The Labute approximate surface area is 168 Å². The second kappa shape index (κ2) is 7.66. The van der Waals surface area contributed by atoms with Gasteiger partial charge >= 0.3 is 12.1 Å². The quantitative estimate of drug-likeness (QED) is 0.420. The average molecular weight is 408 g/mol. The second-order valence-corrected chi connectivity index (χ2v) is 6.32. The van der Waals surface area contributed by atoms with Crippen molar-refractivity contribution in [3.8, 4) is 22.9 Å². The summed E-state index contributed by atoms with van der Waals surface area (Å²) in [5.74, 6) is -0.376. The first-order valence-corrected chi connectivity index (χ1v) is 8.76. The maximum Gasteiger partial charge on any atom is 0.328 e. The molecule has 0 saturated carbocycles. The van der Waals surface area contributed by atoms with Crippen LogP contribution in [0.2, 0.25) is 0 Å². The molecule has 1 radical (unpaired) electrons. The molecule has 0 unspecified atom stereocenters. The van der Waals surface area contributed by atoms with Gasteiger partial charge in [-0.15, -0.1) is 0 Å². The molecule has 0 saturated heterocycles. The van der Waals surface area contributed by atoms with Crippen LogP contribution >= 0.6 is 0 Å². The van der Waals surface area contributed by atoms with E-state index in [1.54, 1.807) is 18.2 Å². The summed E-state index contributed by atoms with van der Waals surface area (Å²) < 4.78 is 20.8. The number of H-pyrrole nitrogens is 1. The van der Waals surface area contributed by atoms with Gasteiger partial charge in [0.1, 0.15) is 11.3 Å². The van der Waals surface area contributed by atoms with Gasteiger partial charge in [-0.2, -0.15) is 0 Å². The number of aromatic hydroxyl groups is 1. The molecule has 0 atom stereocenters. The average Bonchev–Trinajstić information content (AvgIpc) is 3.05. The van der Waals surface area contributed by atoms with Gasteiger partial charge in [0.2, 0.25) is 0 Å². The van der Waals surface area contributed by atoms with Crippen molar-refractivity contribution in [3.05, 3.63) is 64.3 Å². The standard InChI is InChI=1S/C20H15FN5O4/c1-30-14-7-3-5-12(15(14)21)9-26-19-16(23-20(26)29)18(22-10-27)24-17(25-19)11-4-2-6-13(28)8-11/h2-8,28H,9H2,1H3,(H,23,29)(H,22,24,25,27). The van der Waals surface area contributed by atoms with Gasteiger partial charge in [-0.3, -0.25) is 9.36 Å². The molecule has 10 heteroatoms. The van der Waals surface area contributed by atoms with E-state index >= 15 is 0 Å². The van der Waals surface area contributed by atoms with Crippen LogP contribution < -0.4 is 15.7 Å². The second-order valence-electron chi connectivity index (χ2n) is 6.32. The van der Waals surface area contributed by atoms with Gasteiger partial charge in [0, 0.05) is 11.1 Å². The van der Waals surface area contributed by atoms with Crippen molar-refractivity contribution in [2.45, 2.75) is 6.54 Å². The third-order valence-electron chi connectivity index (χ3n) is 4.49. The number of carbonyl (C=O) groups excluding carboxylic acids is 1. The minimum absolute atomic E-state index is 0.00225. The first-order chi connectivity index (χ1) is 14.5. The molecular weight excluding hydrogens is 393 g/mol. The maximum atomic E-state index is 14.6. The third-order valence-corrected chi connectivity index (χ3v) is 4.49. The summed E-state index contributed by atoms with van der Waals surface area (Å²) in [4.78, 5) is 34.7. The number of phenolic OH excluding ortho intramolecular Hbond substituents is 1. The number of imidazole rings is 1. The van der Waals surface area contributed by atoms with Crippen LogP contribution in [0.4, 0.5) is 10.2 Å². The van der Waals surface area contributed by atoms with Gasteiger partial charge in [0.05, 0.1) is 13.7 Å². The summed E-state index contributed by atoms with van der Waals surface area (Å²) >= 11 is 0. The van der Waals surface area contributed by atoms with Gasteiger partial charge in [0.25, 0.3) is 0 Å². The lowest BCUT2D eigenvalue weighted by molar-refractivity contribution is 0.383. The van der Waals surface area contributed by atoms with Crippen molar-refractivity contribution in [3.63, 3.8) is 0 Å². The highest BCUT2D eigenvalue weighted by Crippen LogP contribution is 2.26. The fourth-order valence-corrected chi connectivity index (χ4v) is 3.10. The normalized spacial score (nSPS) is 10.9. The van der Waals surface area contributed by atoms with Crippen LogP contribution in [-0.4, -0.2) is 38.1 Å². The Kier molecular flexibility index (Phi) is 4.88. The van der Waals surface area contributed by atoms with Crippen LogP contribution in [0.3, 0.4) is 0 Å². The number of halogens is 1. The highest BCUT2D eigenvalue weighted by atomic mass is 19.1. The van der Waals surface area contributed by atoms with Crippen LogP contribution in [0, 0.1) is 5.82 Å². The fourth-order valence-electron chi connectivity index (χ4n) is 3.10. The zero-order valence-electron chi connectivity index (χ0n) is 15.6. The molecule has 30 heavy (non-hydrogen) atoms.